The molecule has 1 amide bonds. The van der Waals surface area contributed by atoms with Crippen LogP contribution in [0.3, 0.4) is 0 Å². The second-order valence-corrected chi connectivity index (χ2v) is 10.1. The summed E-state index contributed by atoms with van der Waals surface area (Å²) in [4.78, 5) is 35.7. The molecule has 0 bridgehead atoms. The van der Waals surface area contributed by atoms with Gasteiger partial charge in [-0.15, -0.1) is 0 Å². The van der Waals surface area contributed by atoms with Crippen molar-refractivity contribution in [2.45, 2.75) is 39.4 Å². The third-order valence-corrected chi connectivity index (χ3v) is 7.04. The third kappa shape index (κ3) is 4.84. The van der Waals surface area contributed by atoms with Gasteiger partial charge in [0.1, 0.15) is 15.8 Å². The summed E-state index contributed by atoms with van der Waals surface area (Å²) in [5.41, 5.74) is 1.68. The van der Waals surface area contributed by atoms with Crippen LogP contribution in [0.4, 0.5) is 5.82 Å². The summed E-state index contributed by atoms with van der Waals surface area (Å²) in [6.07, 6.45) is 4.04. The van der Waals surface area contributed by atoms with E-state index < -0.39 is 0 Å². The Hall–Kier alpha value is -2.27. The summed E-state index contributed by atoms with van der Waals surface area (Å²) in [5, 5.41) is 0. The van der Waals surface area contributed by atoms with Gasteiger partial charge >= 0.3 is 0 Å². The van der Waals surface area contributed by atoms with Gasteiger partial charge in [-0.3, -0.25) is 18.9 Å². The van der Waals surface area contributed by atoms with Crippen molar-refractivity contribution in [2.75, 3.05) is 38.3 Å². The fourth-order valence-electron chi connectivity index (χ4n) is 4.21. The van der Waals surface area contributed by atoms with E-state index in [9.17, 15) is 9.59 Å². The number of thiocarbonyl (C=S) groups is 1. The van der Waals surface area contributed by atoms with Crippen LogP contribution in [-0.2, 0) is 14.3 Å². The number of hydrogen-bond donors (Lipinski definition) is 0. The van der Waals surface area contributed by atoms with E-state index in [0.717, 1.165) is 5.56 Å². The summed E-state index contributed by atoms with van der Waals surface area (Å²) >= 11 is 6.65. The number of aryl methyl sites for hydroxylation is 1. The number of fused-ring (bicyclic) bond motifs is 1. The van der Waals surface area contributed by atoms with Crippen LogP contribution in [0.5, 0.6) is 0 Å². The minimum absolute atomic E-state index is 0.00211. The van der Waals surface area contributed by atoms with Crippen molar-refractivity contribution in [3.8, 4) is 0 Å². The van der Waals surface area contributed by atoms with Gasteiger partial charge in [0.25, 0.3) is 11.5 Å². The normalized spacial score (nSPS) is 22.7. The number of nitrogens with zero attached hydrogens (tertiary/aromatic N) is 4. The van der Waals surface area contributed by atoms with Gasteiger partial charge < -0.3 is 14.4 Å². The average Bonchev–Trinajstić information content (AvgIpc) is 3.03. The lowest BCUT2D eigenvalue weighted by molar-refractivity contribution is -0.122. The predicted molar refractivity (Wildman–Crippen MR) is 135 cm³/mol. The van der Waals surface area contributed by atoms with Gasteiger partial charge in [-0.25, -0.2) is 4.98 Å². The Labute approximate surface area is 202 Å². The monoisotopic (exact) mass is 488 g/mol. The molecule has 2 aromatic heterocycles. The van der Waals surface area contributed by atoms with E-state index in [4.69, 9.17) is 26.7 Å². The summed E-state index contributed by atoms with van der Waals surface area (Å²) in [7, 11) is 1.63. The number of amides is 1. The van der Waals surface area contributed by atoms with E-state index in [2.05, 4.69) is 4.90 Å². The van der Waals surface area contributed by atoms with Gasteiger partial charge in [0.15, 0.2) is 0 Å². The van der Waals surface area contributed by atoms with Crippen LogP contribution in [0, 0.1) is 6.92 Å². The number of methoxy groups -OCH3 is 1. The smallest absolute Gasteiger partial charge is 0.267 e. The van der Waals surface area contributed by atoms with Crippen molar-refractivity contribution in [2.24, 2.45) is 0 Å². The summed E-state index contributed by atoms with van der Waals surface area (Å²) in [6.45, 7) is 8.19. The highest BCUT2D eigenvalue weighted by Gasteiger charge is 2.33. The first-order valence-electron chi connectivity index (χ1n) is 11.0. The molecule has 2 aliphatic rings. The lowest BCUT2D eigenvalue weighted by atomic mass is 10.1. The molecule has 0 N–H and O–H groups in total. The van der Waals surface area contributed by atoms with Crippen LogP contribution in [0.2, 0.25) is 0 Å². The Kier molecular flexibility index (Phi) is 7.18. The SMILES string of the molecule is COCCCN1C(=O)/C(=C/c2c(N3C[C@@H](C)O[C@@H](C)C3)nc3c(C)cccn3c2=O)SC1=S. The van der Waals surface area contributed by atoms with E-state index in [1.807, 2.05) is 32.9 Å². The number of carbonyl (C=O) groups is 1. The lowest BCUT2D eigenvalue weighted by Gasteiger charge is -2.36. The lowest BCUT2D eigenvalue weighted by Crippen LogP contribution is -2.46. The molecule has 4 rings (SSSR count). The maximum atomic E-state index is 13.6. The molecular formula is C23H28N4O4S2. The van der Waals surface area contributed by atoms with Crippen molar-refractivity contribution in [1.82, 2.24) is 14.3 Å². The van der Waals surface area contributed by atoms with Gasteiger partial charge in [-0.2, -0.15) is 0 Å². The Morgan fingerprint density at radius 1 is 1.30 bits per heavy atom. The maximum absolute atomic E-state index is 13.6. The molecule has 0 saturated carbocycles. The minimum Gasteiger partial charge on any atom is -0.385 e. The van der Waals surface area contributed by atoms with Gasteiger partial charge in [0.05, 0.1) is 22.7 Å². The first-order valence-corrected chi connectivity index (χ1v) is 12.2. The molecule has 176 valence electrons. The van der Waals surface area contributed by atoms with Gasteiger partial charge in [-0.05, 0) is 44.9 Å². The fourth-order valence-corrected chi connectivity index (χ4v) is 5.50. The van der Waals surface area contributed by atoms with E-state index in [1.165, 1.54) is 16.2 Å². The van der Waals surface area contributed by atoms with E-state index in [0.29, 0.717) is 58.9 Å². The number of thioether (sulfide) groups is 1. The van der Waals surface area contributed by atoms with Crippen LogP contribution in [-0.4, -0.2) is 70.1 Å². The first-order chi connectivity index (χ1) is 15.8. The van der Waals surface area contributed by atoms with Gasteiger partial charge in [-0.1, -0.05) is 30.0 Å². The molecule has 2 saturated heterocycles. The highest BCUT2D eigenvalue weighted by molar-refractivity contribution is 8.26. The summed E-state index contributed by atoms with van der Waals surface area (Å²) < 4.78 is 13.0. The standard InChI is InChI=1S/C23H28N4O4S2/c1-14-7-5-8-26-19(14)24-20(25-12-15(2)31-16(3)13-25)17(21(26)28)11-18-22(29)27(23(32)33-18)9-6-10-30-4/h5,7-8,11,15-16H,6,9-10,12-13H2,1-4H3/b18-11-/t15-,16+. The topological polar surface area (TPSA) is 76.4 Å². The quantitative estimate of drug-likeness (QED) is 0.349. The zero-order chi connectivity index (χ0) is 23.7. The van der Waals surface area contributed by atoms with E-state index >= 15 is 0 Å². The Morgan fingerprint density at radius 3 is 2.73 bits per heavy atom. The summed E-state index contributed by atoms with van der Waals surface area (Å²) in [6, 6.07) is 3.75. The number of rotatable bonds is 6. The molecule has 0 radical (unpaired) electrons. The molecule has 0 unspecified atom stereocenters. The molecule has 8 nitrogen and oxygen atoms in total. The van der Waals surface area contributed by atoms with Crippen LogP contribution >= 0.6 is 24.0 Å². The minimum atomic E-state index is -0.213. The molecule has 0 spiro atoms. The van der Waals surface area contributed by atoms with Crippen molar-refractivity contribution in [1.29, 1.82) is 0 Å². The van der Waals surface area contributed by atoms with Crippen LogP contribution in [0.1, 0.15) is 31.4 Å². The zero-order valence-corrected chi connectivity index (χ0v) is 20.9. The van der Waals surface area contributed by atoms with Crippen molar-refractivity contribution in [3.05, 3.63) is 44.7 Å². The highest BCUT2D eigenvalue weighted by Crippen LogP contribution is 2.34. The molecule has 2 aliphatic heterocycles. The molecular weight excluding hydrogens is 460 g/mol. The largest absolute Gasteiger partial charge is 0.385 e. The number of anilines is 1. The van der Waals surface area contributed by atoms with Gasteiger partial charge in [0.2, 0.25) is 0 Å². The van der Waals surface area contributed by atoms with E-state index in [1.54, 1.807) is 24.3 Å². The fraction of sp³-hybridized carbons (Fsp3) is 0.478. The van der Waals surface area contributed by atoms with Crippen molar-refractivity contribution in [3.63, 3.8) is 0 Å². The first kappa shape index (κ1) is 23.9. The number of aromatic nitrogens is 2. The molecule has 2 fully saturated rings. The second-order valence-electron chi connectivity index (χ2n) is 8.38. The van der Waals surface area contributed by atoms with Crippen LogP contribution in [0.25, 0.3) is 11.7 Å². The second kappa shape index (κ2) is 9.92. The third-order valence-electron chi connectivity index (χ3n) is 5.66. The molecule has 10 heteroatoms. The number of morpholine rings is 1. The highest BCUT2D eigenvalue weighted by atomic mass is 32.2. The van der Waals surface area contributed by atoms with Gasteiger partial charge in [0, 0.05) is 39.5 Å². The summed E-state index contributed by atoms with van der Waals surface area (Å²) in [5.74, 6) is 0.380. The average molecular weight is 489 g/mol. The van der Waals surface area contributed by atoms with Crippen molar-refractivity contribution >= 4 is 51.7 Å². The Morgan fingerprint density at radius 2 is 2.03 bits per heavy atom. The van der Waals surface area contributed by atoms with Crippen molar-refractivity contribution < 1.29 is 14.3 Å². The maximum Gasteiger partial charge on any atom is 0.267 e. The van der Waals surface area contributed by atoms with Crippen LogP contribution in [0.15, 0.2) is 28.0 Å². The molecule has 4 heterocycles. The number of pyridine rings is 1. The molecule has 2 aromatic rings. The number of hydrogen-bond acceptors (Lipinski definition) is 8. The molecule has 0 aromatic carbocycles. The Balaban J connectivity index is 1.81. The predicted octanol–water partition coefficient (Wildman–Crippen LogP) is 2.85. The Bertz CT molecular complexity index is 1170. The van der Waals surface area contributed by atoms with Crippen LogP contribution < -0.4 is 10.5 Å². The van der Waals surface area contributed by atoms with E-state index in [-0.39, 0.29) is 23.7 Å². The molecule has 33 heavy (non-hydrogen) atoms. The zero-order valence-electron chi connectivity index (χ0n) is 19.2. The molecule has 2 atom stereocenters. The molecule has 0 aliphatic carbocycles. The number of ether oxygens (including phenoxy) is 2. The number of carbonyl (C=O) groups excluding carboxylic acids is 1.